The Kier molecular flexibility index (Phi) is 5.61. The van der Waals surface area contributed by atoms with E-state index in [2.05, 4.69) is 6.92 Å². The second-order valence-electron chi connectivity index (χ2n) is 5.84. The van der Waals surface area contributed by atoms with Crippen LogP contribution in [0.4, 0.5) is 0 Å². The second-order valence-corrected chi connectivity index (χ2v) is 5.84. The Hall–Kier alpha value is -0.870. The number of esters is 1. The van der Waals surface area contributed by atoms with Gasteiger partial charge in [-0.05, 0) is 12.5 Å². The molecule has 3 atom stereocenters. The molecule has 0 bridgehead atoms. The highest BCUT2D eigenvalue weighted by molar-refractivity contribution is 5.85. The lowest BCUT2D eigenvalue weighted by Gasteiger charge is -2.47. The number of carbonyl (C=O) groups excluding carboxylic acids is 1. The maximum atomic E-state index is 11.0. The molecule has 114 valence electrons. The normalized spacial score (nSPS) is 31.6. The average Bonchev–Trinajstić information content (AvgIpc) is 2.84. The number of carbonyl (C=O) groups is 1. The lowest BCUT2D eigenvalue weighted by atomic mass is 9.92. The van der Waals surface area contributed by atoms with Gasteiger partial charge in [0, 0.05) is 6.08 Å². The summed E-state index contributed by atoms with van der Waals surface area (Å²) in [5.74, 6) is -1.60. The Morgan fingerprint density at radius 1 is 1.15 bits per heavy atom. The predicted molar refractivity (Wildman–Crippen MR) is 76.1 cm³/mol. The third kappa shape index (κ3) is 3.61. The van der Waals surface area contributed by atoms with Crippen LogP contribution < -0.4 is 0 Å². The van der Waals surface area contributed by atoms with Crippen LogP contribution in [-0.4, -0.2) is 29.1 Å². The molecule has 0 aromatic carbocycles. The average molecular weight is 282 g/mol. The molecular weight excluding hydrogens is 256 g/mol. The molecule has 1 spiro atoms. The van der Waals surface area contributed by atoms with Gasteiger partial charge in [-0.2, -0.15) is 0 Å². The molecule has 0 aromatic heterocycles. The topological polar surface area (TPSA) is 55.8 Å². The summed E-state index contributed by atoms with van der Waals surface area (Å²) in [6.45, 7) is 2.23. The maximum absolute atomic E-state index is 11.0. The van der Waals surface area contributed by atoms with Crippen molar-refractivity contribution in [1.29, 1.82) is 0 Å². The molecular formula is C16H26O4. The molecule has 4 nitrogen and oxygen atoms in total. The zero-order valence-corrected chi connectivity index (χ0v) is 12.3. The summed E-state index contributed by atoms with van der Waals surface area (Å²) in [6, 6.07) is 0. The van der Waals surface area contributed by atoms with E-state index in [1.54, 1.807) is 0 Å². The smallest absolute Gasteiger partial charge is 0.333 e. The van der Waals surface area contributed by atoms with Crippen molar-refractivity contribution < 1.29 is 19.4 Å². The predicted octanol–water partition coefficient (Wildman–Crippen LogP) is 3.09. The van der Waals surface area contributed by atoms with E-state index >= 15 is 0 Å². The Labute approximate surface area is 121 Å². The van der Waals surface area contributed by atoms with Crippen molar-refractivity contribution in [3.8, 4) is 0 Å². The molecule has 2 aliphatic heterocycles. The first kappa shape index (κ1) is 15.5. The van der Waals surface area contributed by atoms with Gasteiger partial charge in [0.25, 0.3) is 5.79 Å². The van der Waals surface area contributed by atoms with Gasteiger partial charge in [-0.25, -0.2) is 4.79 Å². The molecule has 0 radical (unpaired) electrons. The van der Waals surface area contributed by atoms with Gasteiger partial charge < -0.3 is 14.6 Å². The quantitative estimate of drug-likeness (QED) is 0.521. The van der Waals surface area contributed by atoms with Gasteiger partial charge in [0.05, 0.1) is 6.10 Å². The van der Waals surface area contributed by atoms with Gasteiger partial charge in [0.15, 0.2) is 0 Å². The lowest BCUT2D eigenvalue weighted by molar-refractivity contribution is -0.354. The first-order valence-corrected chi connectivity index (χ1v) is 7.96. The van der Waals surface area contributed by atoms with E-state index in [0.29, 0.717) is 0 Å². The summed E-state index contributed by atoms with van der Waals surface area (Å²) >= 11 is 0. The van der Waals surface area contributed by atoms with Crippen LogP contribution >= 0.6 is 0 Å². The number of hydrogen-bond acceptors (Lipinski definition) is 4. The Bertz CT molecular complexity index is 352. The first-order chi connectivity index (χ1) is 9.68. The fraction of sp³-hybridized carbons (Fsp3) is 0.812. The van der Waals surface area contributed by atoms with Gasteiger partial charge >= 0.3 is 5.97 Å². The van der Waals surface area contributed by atoms with Crippen molar-refractivity contribution in [2.75, 3.05) is 0 Å². The van der Waals surface area contributed by atoms with Crippen LogP contribution in [0.5, 0.6) is 0 Å². The standard InChI is InChI=1S/C16H26O4/c1-2-3-4-5-6-7-8-9-10-13-15(18)16(19-13)12-11-14(17)20-16/h11-13,15,18H,2-10H2,1H3/t13-,15-,16-/m0/s1. The summed E-state index contributed by atoms with van der Waals surface area (Å²) in [4.78, 5) is 11.0. The minimum Gasteiger partial charge on any atom is -0.423 e. The molecule has 0 amide bonds. The van der Waals surface area contributed by atoms with Crippen LogP contribution in [-0.2, 0) is 14.3 Å². The fourth-order valence-electron chi connectivity index (χ4n) is 2.89. The monoisotopic (exact) mass is 282 g/mol. The number of hydrogen-bond donors (Lipinski definition) is 1. The fourth-order valence-corrected chi connectivity index (χ4v) is 2.89. The van der Waals surface area contributed by atoms with Gasteiger partial charge in [0.1, 0.15) is 6.10 Å². The third-order valence-electron chi connectivity index (χ3n) is 4.15. The SMILES string of the molecule is CCCCCCCCCC[C@@H]1O[C@]2(C=CC(=O)O2)[C@H]1O. The lowest BCUT2D eigenvalue weighted by Crippen LogP contribution is -2.63. The van der Waals surface area contributed by atoms with E-state index in [-0.39, 0.29) is 6.10 Å². The Morgan fingerprint density at radius 3 is 2.35 bits per heavy atom. The molecule has 1 fully saturated rings. The van der Waals surface area contributed by atoms with Gasteiger partial charge in [-0.1, -0.05) is 58.3 Å². The van der Waals surface area contributed by atoms with Crippen molar-refractivity contribution in [2.24, 2.45) is 0 Å². The second kappa shape index (κ2) is 7.23. The van der Waals surface area contributed by atoms with Crippen molar-refractivity contribution in [2.45, 2.75) is 82.7 Å². The molecule has 2 rings (SSSR count). The van der Waals surface area contributed by atoms with Crippen LogP contribution in [0.25, 0.3) is 0 Å². The highest BCUT2D eigenvalue weighted by atomic mass is 16.8. The number of aliphatic hydroxyl groups is 1. The van der Waals surface area contributed by atoms with Crippen LogP contribution in [0.15, 0.2) is 12.2 Å². The zero-order valence-electron chi connectivity index (χ0n) is 12.3. The van der Waals surface area contributed by atoms with Gasteiger partial charge in [-0.15, -0.1) is 0 Å². The molecule has 0 saturated carbocycles. The molecule has 1 saturated heterocycles. The molecule has 2 aliphatic rings. The minimum atomic E-state index is -1.16. The van der Waals surface area contributed by atoms with E-state index in [1.165, 1.54) is 57.1 Å². The number of aliphatic hydroxyl groups excluding tert-OH is 1. The summed E-state index contributed by atoms with van der Waals surface area (Å²) in [6.07, 6.45) is 12.9. The van der Waals surface area contributed by atoms with Crippen molar-refractivity contribution in [3.05, 3.63) is 12.2 Å². The number of ether oxygens (including phenoxy) is 2. The molecule has 1 N–H and O–H groups in total. The molecule has 2 heterocycles. The minimum absolute atomic E-state index is 0.189. The van der Waals surface area contributed by atoms with Crippen molar-refractivity contribution in [3.63, 3.8) is 0 Å². The highest BCUT2D eigenvalue weighted by Gasteiger charge is 2.58. The van der Waals surface area contributed by atoms with Gasteiger partial charge in [-0.3, -0.25) is 0 Å². The summed E-state index contributed by atoms with van der Waals surface area (Å²) < 4.78 is 10.5. The van der Waals surface area contributed by atoms with Crippen LogP contribution in [0, 0.1) is 0 Å². The van der Waals surface area contributed by atoms with E-state index in [1.807, 2.05) is 0 Å². The summed E-state index contributed by atoms with van der Waals surface area (Å²) in [5.41, 5.74) is 0. The number of unbranched alkanes of at least 4 members (excludes halogenated alkanes) is 7. The molecule has 0 unspecified atom stereocenters. The van der Waals surface area contributed by atoms with Crippen molar-refractivity contribution in [1.82, 2.24) is 0 Å². The van der Waals surface area contributed by atoms with E-state index in [9.17, 15) is 9.90 Å². The van der Waals surface area contributed by atoms with Gasteiger partial charge in [0.2, 0.25) is 0 Å². The zero-order chi connectivity index (χ0) is 14.4. The van der Waals surface area contributed by atoms with Crippen LogP contribution in [0.3, 0.4) is 0 Å². The van der Waals surface area contributed by atoms with E-state index < -0.39 is 17.9 Å². The molecule has 20 heavy (non-hydrogen) atoms. The number of rotatable bonds is 9. The summed E-state index contributed by atoms with van der Waals surface area (Å²) in [5, 5.41) is 10.0. The first-order valence-electron chi connectivity index (χ1n) is 7.96. The highest BCUT2D eigenvalue weighted by Crippen LogP contribution is 2.40. The third-order valence-corrected chi connectivity index (χ3v) is 4.15. The Morgan fingerprint density at radius 2 is 1.80 bits per heavy atom. The van der Waals surface area contributed by atoms with Crippen LogP contribution in [0.1, 0.15) is 64.7 Å². The van der Waals surface area contributed by atoms with Crippen LogP contribution in [0.2, 0.25) is 0 Å². The maximum Gasteiger partial charge on any atom is 0.333 e. The summed E-state index contributed by atoms with van der Waals surface area (Å²) in [7, 11) is 0. The van der Waals surface area contributed by atoms with E-state index in [0.717, 1.165) is 12.8 Å². The molecule has 0 aliphatic carbocycles. The molecule has 0 aromatic rings. The largest absolute Gasteiger partial charge is 0.423 e. The molecule has 4 heteroatoms. The van der Waals surface area contributed by atoms with E-state index in [4.69, 9.17) is 9.47 Å². The van der Waals surface area contributed by atoms with Crippen molar-refractivity contribution >= 4 is 5.97 Å². The Balaban J connectivity index is 1.50.